The average molecular weight is 422 g/mol. The first-order valence-electron chi connectivity index (χ1n) is 10.0. The largest absolute Gasteiger partial charge is 0.411 e. The number of hydrogen-bond acceptors (Lipinski definition) is 8. The molecular formula is C23H26N4O4. The number of hydrogen-bond donors (Lipinski definition) is 4. The molecule has 0 fully saturated rings. The zero-order valence-corrected chi connectivity index (χ0v) is 18.0. The lowest BCUT2D eigenvalue weighted by Gasteiger charge is -2.30. The molecule has 0 bridgehead atoms. The zero-order chi connectivity index (χ0) is 22.8. The molecule has 162 valence electrons. The van der Waals surface area contributed by atoms with Crippen molar-refractivity contribution >= 4 is 22.8 Å². The monoisotopic (exact) mass is 422 g/mol. The summed E-state index contributed by atoms with van der Waals surface area (Å²) in [5.74, 6) is 0. The van der Waals surface area contributed by atoms with Crippen LogP contribution in [0, 0.1) is 0 Å². The Hall–Kier alpha value is -3.68. The Morgan fingerprint density at radius 1 is 0.677 bits per heavy atom. The Kier molecular flexibility index (Phi) is 6.10. The van der Waals surface area contributed by atoms with E-state index in [1.807, 2.05) is 36.4 Å². The highest BCUT2D eigenvalue weighted by Gasteiger charge is 2.41. The third-order valence-corrected chi connectivity index (χ3v) is 6.30. The van der Waals surface area contributed by atoms with E-state index in [0.717, 1.165) is 35.1 Å². The van der Waals surface area contributed by atoms with Crippen molar-refractivity contribution in [3.8, 4) is 11.1 Å². The number of fused-ring (bicyclic) bond motifs is 3. The first-order valence-corrected chi connectivity index (χ1v) is 10.0. The molecule has 0 spiro atoms. The van der Waals surface area contributed by atoms with Crippen LogP contribution >= 0.6 is 0 Å². The van der Waals surface area contributed by atoms with Gasteiger partial charge in [-0.1, -0.05) is 58.7 Å². The van der Waals surface area contributed by atoms with Gasteiger partial charge in [0.05, 0.1) is 0 Å². The average Bonchev–Trinajstić information content (AvgIpc) is 3.08. The molecule has 0 radical (unpaired) electrons. The van der Waals surface area contributed by atoms with Crippen LogP contribution in [-0.4, -0.2) is 43.7 Å². The summed E-state index contributed by atoms with van der Waals surface area (Å²) >= 11 is 0. The van der Waals surface area contributed by atoms with Gasteiger partial charge in [-0.25, -0.2) is 0 Å². The van der Waals surface area contributed by atoms with Crippen molar-refractivity contribution in [2.75, 3.05) is 0 Å². The van der Waals surface area contributed by atoms with Crippen LogP contribution in [0.5, 0.6) is 0 Å². The SMILES string of the molecule is CCC1(CC)c2cc(C(=N/O)/C(C)=N/O)ccc2-c2ccc(C(=N/O)/C(C)=N/O)cc21. The predicted molar refractivity (Wildman–Crippen MR) is 120 cm³/mol. The minimum atomic E-state index is -0.313. The van der Waals surface area contributed by atoms with Crippen LogP contribution in [0.25, 0.3) is 11.1 Å². The van der Waals surface area contributed by atoms with Crippen LogP contribution in [0.2, 0.25) is 0 Å². The summed E-state index contributed by atoms with van der Waals surface area (Å²) in [7, 11) is 0. The van der Waals surface area contributed by atoms with Gasteiger partial charge in [0, 0.05) is 16.5 Å². The lowest BCUT2D eigenvalue weighted by molar-refractivity contribution is 0.314. The summed E-state index contributed by atoms with van der Waals surface area (Å²) in [4.78, 5) is 0. The Bertz CT molecular complexity index is 1040. The van der Waals surface area contributed by atoms with Crippen LogP contribution in [0.1, 0.15) is 62.8 Å². The van der Waals surface area contributed by atoms with Crippen molar-refractivity contribution in [1.29, 1.82) is 0 Å². The van der Waals surface area contributed by atoms with E-state index in [0.29, 0.717) is 11.1 Å². The molecule has 0 atom stereocenters. The second-order valence-electron chi connectivity index (χ2n) is 7.58. The highest BCUT2D eigenvalue weighted by Crippen LogP contribution is 2.53. The molecule has 8 heteroatoms. The van der Waals surface area contributed by atoms with Crippen molar-refractivity contribution < 1.29 is 20.8 Å². The second kappa shape index (κ2) is 8.59. The number of benzene rings is 2. The standard InChI is InChI=1S/C23H26N4O4/c1-5-23(6-2)19-11-15(21(26-30)13(3)24-28)7-9-17(19)18-10-8-16(12-20(18)23)22(27-31)14(4)25-29/h7-12,28-31H,5-6H2,1-4H3/b24-13+,25-14+,26-21+,27-22+. The maximum Gasteiger partial charge on any atom is 0.134 e. The van der Waals surface area contributed by atoms with Gasteiger partial charge in [-0.15, -0.1) is 0 Å². The number of nitrogens with zero attached hydrogens (tertiary/aromatic N) is 4. The van der Waals surface area contributed by atoms with Gasteiger partial charge in [0.2, 0.25) is 0 Å². The van der Waals surface area contributed by atoms with Gasteiger partial charge in [-0.2, -0.15) is 0 Å². The zero-order valence-electron chi connectivity index (χ0n) is 18.0. The molecule has 2 aromatic carbocycles. The fourth-order valence-electron chi connectivity index (χ4n) is 4.57. The second-order valence-corrected chi connectivity index (χ2v) is 7.58. The molecule has 4 N–H and O–H groups in total. The highest BCUT2D eigenvalue weighted by molar-refractivity contribution is 6.48. The highest BCUT2D eigenvalue weighted by atomic mass is 16.4. The molecule has 0 heterocycles. The predicted octanol–water partition coefficient (Wildman–Crippen LogP) is 4.83. The minimum Gasteiger partial charge on any atom is -0.411 e. The van der Waals surface area contributed by atoms with Crippen molar-refractivity contribution in [2.45, 2.75) is 46.0 Å². The van der Waals surface area contributed by atoms with E-state index in [2.05, 4.69) is 34.5 Å². The normalized spacial score (nSPS) is 16.3. The molecule has 0 saturated heterocycles. The lowest BCUT2D eigenvalue weighted by atomic mass is 9.73. The first-order chi connectivity index (χ1) is 14.9. The van der Waals surface area contributed by atoms with Crippen molar-refractivity contribution in [2.24, 2.45) is 20.6 Å². The van der Waals surface area contributed by atoms with Gasteiger partial charge in [0.15, 0.2) is 0 Å². The Balaban J connectivity index is 2.26. The van der Waals surface area contributed by atoms with Crippen LogP contribution in [-0.2, 0) is 5.41 Å². The molecular weight excluding hydrogens is 396 g/mol. The molecule has 1 aliphatic carbocycles. The molecule has 3 rings (SSSR count). The summed E-state index contributed by atoms with van der Waals surface area (Å²) in [6, 6.07) is 11.6. The molecule has 1 aliphatic rings. The van der Waals surface area contributed by atoms with Crippen molar-refractivity contribution in [3.05, 3.63) is 58.7 Å². The topological polar surface area (TPSA) is 130 Å². The van der Waals surface area contributed by atoms with Gasteiger partial charge in [-0.05, 0) is 61.1 Å². The molecule has 8 nitrogen and oxygen atoms in total. The Labute approximate surface area is 180 Å². The maximum atomic E-state index is 9.48. The fraction of sp³-hybridized carbons (Fsp3) is 0.304. The van der Waals surface area contributed by atoms with Crippen LogP contribution < -0.4 is 0 Å². The van der Waals surface area contributed by atoms with E-state index >= 15 is 0 Å². The van der Waals surface area contributed by atoms with Gasteiger partial charge < -0.3 is 20.8 Å². The first kappa shape index (κ1) is 22.0. The molecule has 0 saturated carbocycles. The fourth-order valence-corrected chi connectivity index (χ4v) is 4.57. The molecule has 2 aromatic rings. The van der Waals surface area contributed by atoms with E-state index in [9.17, 15) is 10.4 Å². The number of oxime groups is 4. The molecule has 31 heavy (non-hydrogen) atoms. The van der Waals surface area contributed by atoms with Crippen LogP contribution in [0.15, 0.2) is 57.0 Å². The summed E-state index contributed by atoms with van der Waals surface area (Å²) in [6.07, 6.45) is 1.63. The molecule has 0 aliphatic heterocycles. The van der Waals surface area contributed by atoms with Crippen molar-refractivity contribution in [1.82, 2.24) is 0 Å². The molecule has 0 unspecified atom stereocenters. The lowest BCUT2D eigenvalue weighted by Crippen LogP contribution is -2.24. The van der Waals surface area contributed by atoms with Crippen LogP contribution in [0.3, 0.4) is 0 Å². The van der Waals surface area contributed by atoms with E-state index in [1.54, 1.807) is 13.8 Å². The van der Waals surface area contributed by atoms with E-state index in [4.69, 9.17) is 10.4 Å². The van der Waals surface area contributed by atoms with Gasteiger partial charge in [0.25, 0.3) is 0 Å². The van der Waals surface area contributed by atoms with Crippen LogP contribution in [0.4, 0.5) is 0 Å². The Morgan fingerprint density at radius 2 is 1.06 bits per heavy atom. The van der Waals surface area contributed by atoms with Gasteiger partial charge >= 0.3 is 0 Å². The third-order valence-electron chi connectivity index (χ3n) is 6.30. The molecule has 0 amide bonds. The number of rotatable bonds is 6. The molecule has 0 aromatic heterocycles. The summed E-state index contributed by atoms with van der Waals surface area (Å²) in [5.41, 5.74) is 6.12. The summed E-state index contributed by atoms with van der Waals surface area (Å²) in [5, 5.41) is 50.2. The van der Waals surface area contributed by atoms with Gasteiger partial charge in [-0.3, -0.25) is 0 Å². The smallest absolute Gasteiger partial charge is 0.134 e. The van der Waals surface area contributed by atoms with Gasteiger partial charge in [0.1, 0.15) is 22.8 Å². The van der Waals surface area contributed by atoms with Crippen molar-refractivity contribution in [3.63, 3.8) is 0 Å². The minimum absolute atomic E-state index is 0.201. The maximum absolute atomic E-state index is 9.48. The summed E-state index contributed by atoms with van der Waals surface area (Å²) < 4.78 is 0. The van der Waals surface area contributed by atoms with E-state index < -0.39 is 0 Å². The summed E-state index contributed by atoms with van der Waals surface area (Å²) in [6.45, 7) is 7.36. The quantitative estimate of drug-likeness (QED) is 0.302. The van der Waals surface area contributed by atoms with E-state index in [-0.39, 0.29) is 28.3 Å². The van der Waals surface area contributed by atoms with E-state index in [1.165, 1.54) is 0 Å². The third kappa shape index (κ3) is 3.34. The Morgan fingerprint density at radius 3 is 1.35 bits per heavy atom.